The first-order valence-electron chi connectivity index (χ1n) is 7.02. The van der Waals surface area contributed by atoms with E-state index in [1.807, 2.05) is 12.1 Å². The molecule has 0 bridgehead atoms. The number of halogens is 1. The molecule has 0 aliphatic carbocycles. The summed E-state index contributed by atoms with van der Waals surface area (Å²) in [6, 6.07) is 8.26. The summed E-state index contributed by atoms with van der Waals surface area (Å²) in [7, 11) is 0. The van der Waals surface area contributed by atoms with Crippen LogP contribution in [0.4, 0.5) is 5.82 Å². The Balaban J connectivity index is 2.45. The molecular formula is C16H20BrN3. The Kier molecular flexibility index (Phi) is 5.12. The molecule has 106 valence electrons. The number of hydrogen-bond donors (Lipinski definition) is 1. The molecule has 1 heterocycles. The third kappa shape index (κ3) is 3.57. The SMILES string of the molecule is CCCc1cc(NCC)nc(-c2ccc(Br)c(C)c2)n1. The van der Waals surface area contributed by atoms with Crippen molar-refractivity contribution < 1.29 is 0 Å². The predicted octanol–water partition coefficient (Wildman–Crippen LogP) is 4.60. The highest BCUT2D eigenvalue weighted by Crippen LogP contribution is 2.24. The molecule has 1 aromatic carbocycles. The van der Waals surface area contributed by atoms with Gasteiger partial charge in [0.1, 0.15) is 5.82 Å². The van der Waals surface area contributed by atoms with E-state index in [1.165, 1.54) is 5.56 Å². The second-order valence-corrected chi connectivity index (χ2v) is 5.67. The van der Waals surface area contributed by atoms with E-state index in [0.717, 1.165) is 46.8 Å². The van der Waals surface area contributed by atoms with Gasteiger partial charge in [0.25, 0.3) is 0 Å². The summed E-state index contributed by atoms with van der Waals surface area (Å²) < 4.78 is 1.11. The molecule has 0 radical (unpaired) electrons. The summed E-state index contributed by atoms with van der Waals surface area (Å²) in [5, 5.41) is 3.28. The summed E-state index contributed by atoms with van der Waals surface area (Å²) in [5.41, 5.74) is 3.34. The van der Waals surface area contributed by atoms with Crippen LogP contribution in [0, 0.1) is 6.92 Å². The minimum atomic E-state index is 0.794. The van der Waals surface area contributed by atoms with Gasteiger partial charge in [0.2, 0.25) is 0 Å². The molecule has 0 fully saturated rings. The molecule has 0 unspecified atom stereocenters. The summed E-state index contributed by atoms with van der Waals surface area (Å²) >= 11 is 3.53. The smallest absolute Gasteiger partial charge is 0.161 e. The number of aryl methyl sites for hydroxylation is 2. The molecule has 0 amide bonds. The van der Waals surface area contributed by atoms with Gasteiger partial charge >= 0.3 is 0 Å². The fraction of sp³-hybridized carbons (Fsp3) is 0.375. The number of rotatable bonds is 5. The quantitative estimate of drug-likeness (QED) is 0.868. The van der Waals surface area contributed by atoms with Crippen molar-refractivity contribution in [3.05, 3.63) is 40.0 Å². The van der Waals surface area contributed by atoms with Gasteiger partial charge in [-0.2, -0.15) is 0 Å². The second-order valence-electron chi connectivity index (χ2n) is 4.81. The van der Waals surface area contributed by atoms with Crippen molar-refractivity contribution in [2.24, 2.45) is 0 Å². The van der Waals surface area contributed by atoms with Crippen LogP contribution in [0.3, 0.4) is 0 Å². The average molecular weight is 334 g/mol. The monoisotopic (exact) mass is 333 g/mol. The molecule has 0 saturated carbocycles. The van der Waals surface area contributed by atoms with Gasteiger partial charge in [-0.3, -0.25) is 0 Å². The van der Waals surface area contributed by atoms with E-state index < -0.39 is 0 Å². The average Bonchev–Trinajstić information content (AvgIpc) is 2.42. The Morgan fingerprint density at radius 2 is 1.95 bits per heavy atom. The van der Waals surface area contributed by atoms with Crippen molar-refractivity contribution in [3.63, 3.8) is 0 Å². The normalized spacial score (nSPS) is 10.6. The van der Waals surface area contributed by atoms with Crippen LogP contribution in [-0.4, -0.2) is 16.5 Å². The van der Waals surface area contributed by atoms with Crippen LogP contribution in [-0.2, 0) is 6.42 Å². The number of nitrogens with zero attached hydrogens (tertiary/aromatic N) is 2. The molecular weight excluding hydrogens is 314 g/mol. The van der Waals surface area contributed by atoms with Crippen molar-refractivity contribution in [3.8, 4) is 11.4 Å². The highest BCUT2D eigenvalue weighted by molar-refractivity contribution is 9.10. The Bertz CT molecular complexity index is 572. The maximum Gasteiger partial charge on any atom is 0.161 e. The summed E-state index contributed by atoms with van der Waals surface area (Å²) in [4.78, 5) is 9.29. The molecule has 0 aliphatic heterocycles. The van der Waals surface area contributed by atoms with Crippen molar-refractivity contribution in [2.75, 3.05) is 11.9 Å². The highest BCUT2D eigenvalue weighted by Gasteiger charge is 2.07. The van der Waals surface area contributed by atoms with Gasteiger partial charge in [-0.25, -0.2) is 9.97 Å². The van der Waals surface area contributed by atoms with Crippen molar-refractivity contribution in [1.82, 2.24) is 9.97 Å². The van der Waals surface area contributed by atoms with Gasteiger partial charge in [-0.05, 0) is 38.0 Å². The van der Waals surface area contributed by atoms with E-state index in [2.05, 4.69) is 64.1 Å². The van der Waals surface area contributed by atoms with Crippen LogP contribution in [0.5, 0.6) is 0 Å². The van der Waals surface area contributed by atoms with Crippen LogP contribution in [0.2, 0.25) is 0 Å². The largest absolute Gasteiger partial charge is 0.370 e. The van der Waals surface area contributed by atoms with Gasteiger partial charge < -0.3 is 5.32 Å². The first kappa shape index (κ1) is 15.0. The maximum absolute atomic E-state index is 4.68. The predicted molar refractivity (Wildman–Crippen MR) is 88.1 cm³/mol. The molecule has 1 aromatic heterocycles. The molecule has 1 N–H and O–H groups in total. The Morgan fingerprint density at radius 3 is 2.60 bits per heavy atom. The van der Waals surface area contributed by atoms with Crippen LogP contribution in [0.1, 0.15) is 31.5 Å². The Labute approximate surface area is 129 Å². The molecule has 0 spiro atoms. The van der Waals surface area contributed by atoms with Crippen LogP contribution in [0.15, 0.2) is 28.7 Å². The van der Waals surface area contributed by atoms with Crippen LogP contribution >= 0.6 is 15.9 Å². The zero-order chi connectivity index (χ0) is 14.5. The first-order valence-corrected chi connectivity index (χ1v) is 7.81. The van der Waals surface area contributed by atoms with E-state index in [4.69, 9.17) is 0 Å². The fourth-order valence-corrected chi connectivity index (χ4v) is 2.31. The molecule has 2 rings (SSSR count). The van der Waals surface area contributed by atoms with Crippen molar-refractivity contribution >= 4 is 21.7 Å². The lowest BCUT2D eigenvalue weighted by Crippen LogP contribution is -2.04. The third-order valence-corrected chi connectivity index (χ3v) is 3.95. The van der Waals surface area contributed by atoms with Crippen LogP contribution < -0.4 is 5.32 Å². The summed E-state index contributed by atoms with van der Waals surface area (Å²) in [5.74, 6) is 1.70. The number of nitrogens with one attached hydrogen (secondary N) is 1. The molecule has 0 atom stereocenters. The summed E-state index contributed by atoms with van der Waals surface area (Å²) in [6.07, 6.45) is 2.06. The molecule has 3 nitrogen and oxygen atoms in total. The standard InChI is InChI=1S/C16H20BrN3/c1-4-6-13-10-15(18-5-2)20-16(19-13)12-7-8-14(17)11(3)9-12/h7-10H,4-6H2,1-3H3,(H,18,19,20). The molecule has 0 aliphatic rings. The minimum Gasteiger partial charge on any atom is -0.370 e. The van der Waals surface area contributed by atoms with Gasteiger partial charge in [0, 0.05) is 28.3 Å². The Morgan fingerprint density at radius 1 is 1.15 bits per heavy atom. The highest BCUT2D eigenvalue weighted by atomic mass is 79.9. The van der Waals surface area contributed by atoms with E-state index in [1.54, 1.807) is 0 Å². The zero-order valence-corrected chi connectivity index (χ0v) is 13.8. The lowest BCUT2D eigenvalue weighted by Gasteiger charge is -2.09. The van der Waals surface area contributed by atoms with E-state index in [9.17, 15) is 0 Å². The minimum absolute atomic E-state index is 0.794. The van der Waals surface area contributed by atoms with Gasteiger partial charge in [-0.1, -0.05) is 35.3 Å². The molecule has 2 aromatic rings. The number of benzene rings is 1. The Hall–Kier alpha value is -1.42. The van der Waals surface area contributed by atoms with E-state index in [0.29, 0.717) is 0 Å². The third-order valence-electron chi connectivity index (χ3n) is 3.06. The number of hydrogen-bond acceptors (Lipinski definition) is 3. The zero-order valence-electron chi connectivity index (χ0n) is 12.2. The van der Waals surface area contributed by atoms with Crippen molar-refractivity contribution in [2.45, 2.75) is 33.6 Å². The van der Waals surface area contributed by atoms with Gasteiger partial charge in [0.05, 0.1) is 0 Å². The maximum atomic E-state index is 4.68. The molecule has 4 heteroatoms. The molecule has 0 saturated heterocycles. The van der Waals surface area contributed by atoms with Crippen molar-refractivity contribution in [1.29, 1.82) is 0 Å². The fourth-order valence-electron chi connectivity index (χ4n) is 2.07. The van der Waals surface area contributed by atoms with Gasteiger partial charge in [0.15, 0.2) is 5.82 Å². The topological polar surface area (TPSA) is 37.8 Å². The molecule has 20 heavy (non-hydrogen) atoms. The summed E-state index contributed by atoms with van der Waals surface area (Å²) in [6.45, 7) is 7.18. The van der Waals surface area contributed by atoms with Crippen LogP contribution in [0.25, 0.3) is 11.4 Å². The lowest BCUT2D eigenvalue weighted by molar-refractivity contribution is 0.875. The number of aromatic nitrogens is 2. The lowest BCUT2D eigenvalue weighted by atomic mass is 10.1. The number of anilines is 1. The van der Waals surface area contributed by atoms with Gasteiger partial charge in [-0.15, -0.1) is 0 Å². The first-order chi connectivity index (χ1) is 9.63. The van der Waals surface area contributed by atoms with E-state index >= 15 is 0 Å². The second kappa shape index (κ2) is 6.84. The van der Waals surface area contributed by atoms with E-state index in [-0.39, 0.29) is 0 Å².